The van der Waals surface area contributed by atoms with E-state index in [0.717, 1.165) is 22.4 Å². The summed E-state index contributed by atoms with van der Waals surface area (Å²) in [6.45, 7) is 2.56. The van der Waals surface area contributed by atoms with E-state index >= 15 is 0 Å². The van der Waals surface area contributed by atoms with E-state index in [1.165, 1.54) is 25.0 Å². The second-order valence-corrected chi connectivity index (χ2v) is 8.50. The normalized spacial score (nSPS) is 20.4. The molecule has 0 amide bonds. The molecule has 2 bridgehead atoms. The van der Waals surface area contributed by atoms with Crippen molar-refractivity contribution in [3.63, 3.8) is 0 Å². The Labute approximate surface area is 191 Å². The van der Waals surface area contributed by atoms with Crippen LogP contribution >= 0.6 is 0 Å². The lowest BCUT2D eigenvalue weighted by molar-refractivity contribution is 0.227. The Hall–Kier alpha value is -3.81. The predicted molar refractivity (Wildman–Crippen MR) is 127 cm³/mol. The Morgan fingerprint density at radius 2 is 2.03 bits per heavy atom. The van der Waals surface area contributed by atoms with Crippen molar-refractivity contribution in [1.29, 1.82) is 0 Å². The molecule has 1 aliphatic heterocycles. The van der Waals surface area contributed by atoms with E-state index < -0.39 is 6.10 Å². The molecule has 1 aliphatic carbocycles. The monoisotopic (exact) mass is 444 g/mol. The number of anilines is 1. The molecule has 168 valence electrons. The molecule has 0 unspecified atom stereocenters. The average molecular weight is 445 g/mol. The zero-order valence-corrected chi connectivity index (χ0v) is 18.3. The Bertz CT molecular complexity index is 1270. The summed E-state index contributed by atoms with van der Waals surface area (Å²) in [4.78, 5) is 13.8. The van der Waals surface area contributed by atoms with Crippen molar-refractivity contribution >= 4 is 17.2 Å². The van der Waals surface area contributed by atoms with Gasteiger partial charge in [0.25, 0.3) is 0 Å². The van der Waals surface area contributed by atoms with Crippen molar-refractivity contribution in [3.05, 3.63) is 71.3 Å². The number of hydrogen-bond acceptors (Lipinski definition) is 7. The average Bonchev–Trinajstić information content (AvgIpc) is 3.64. The van der Waals surface area contributed by atoms with Crippen molar-refractivity contribution < 1.29 is 9.13 Å². The number of benzene rings is 1. The first kappa shape index (κ1) is 21.1. The molecular weight excluding hydrogens is 419 g/mol. The van der Waals surface area contributed by atoms with E-state index in [0.29, 0.717) is 41.6 Å². The van der Waals surface area contributed by atoms with Gasteiger partial charge in [0.2, 0.25) is 0 Å². The number of rotatable bonds is 2. The van der Waals surface area contributed by atoms with Crippen molar-refractivity contribution in [2.75, 3.05) is 12.3 Å². The van der Waals surface area contributed by atoms with Gasteiger partial charge in [0.15, 0.2) is 11.6 Å². The van der Waals surface area contributed by atoms with Gasteiger partial charge in [-0.15, -0.1) is 0 Å². The van der Waals surface area contributed by atoms with E-state index in [1.807, 2.05) is 19.1 Å². The summed E-state index contributed by atoms with van der Waals surface area (Å²) in [7, 11) is 0. The van der Waals surface area contributed by atoms with E-state index in [-0.39, 0.29) is 11.6 Å². The molecule has 8 heteroatoms. The quantitative estimate of drug-likeness (QED) is 0.457. The fourth-order valence-electron chi connectivity index (χ4n) is 4.08. The minimum atomic E-state index is -0.501. The fourth-order valence-corrected chi connectivity index (χ4v) is 4.08. The topological polar surface area (TPSA) is 112 Å². The lowest BCUT2D eigenvalue weighted by Gasteiger charge is -2.22. The second-order valence-electron chi connectivity index (χ2n) is 8.50. The molecule has 3 aromatic rings. The van der Waals surface area contributed by atoms with Crippen molar-refractivity contribution in [3.8, 4) is 17.0 Å². The zero-order valence-electron chi connectivity index (χ0n) is 18.3. The van der Waals surface area contributed by atoms with Gasteiger partial charge in [-0.1, -0.05) is 6.07 Å². The summed E-state index contributed by atoms with van der Waals surface area (Å²) in [6.07, 6.45) is 5.64. The van der Waals surface area contributed by atoms with E-state index in [9.17, 15) is 4.39 Å². The predicted octanol–water partition coefficient (Wildman–Crippen LogP) is 4.07. The molecule has 1 saturated carbocycles. The van der Waals surface area contributed by atoms with Gasteiger partial charge in [-0.2, -0.15) is 5.10 Å². The standard InChI is InChI=1S/C25H25FN6O/c1-14-20-11-18(26)6-7-19(20)23-16(3-2-8-29-23)9-21(32-28)24(30-12-15-4-5-15)17-10-22(33-14)25(27)31-13-17/h2-3,6-8,10-11,13-15H,4-5,9,12,28H2,1H3,(H2,27,31)/t14-/m1/s1. The molecule has 0 spiro atoms. The van der Waals surface area contributed by atoms with Crippen LogP contribution in [0.1, 0.15) is 42.6 Å². The number of fused-ring (bicyclic) bond motifs is 5. The lowest BCUT2D eigenvalue weighted by atomic mass is 9.93. The maximum atomic E-state index is 14.3. The van der Waals surface area contributed by atoms with Crippen LogP contribution in [0.4, 0.5) is 10.2 Å². The molecule has 2 aromatic heterocycles. The van der Waals surface area contributed by atoms with Crippen LogP contribution in [0, 0.1) is 11.7 Å². The third-order valence-corrected chi connectivity index (χ3v) is 6.05. The minimum Gasteiger partial charge on any atom is -0.482 e. The molecular formula is C25H25FN6O. The van der Waals surface area contributed by atoms with Gasteiger partial charge in [0.1, 0.15) is 11.9 Å². The third-order valence-electron chi connectivity index (χ3n) is 6.05. The van der Waals surface area contributed by atoms with Crippen LogP contribution in [0.2, 0.25) is 0 Å². The maximum Gasteiger partial charge on any atom is 0.166 e. The van der Waals surface area contributed by atoms with Gasteiger partial charge in [0, 0.05) is 42.0 Å². The highest BCUT2D eigenvalue weighted by Crippen LogP contribution is 2.35. The summed E-state index contributed by atoms with van der Waals surface area (Å²) in [6, 6.07) is 10.3. The first-order chi connectivity index (χ1) is 16.0. The first-order valence-corrected chi connectivity index (χ1v) is 11.0. The number of nitrogens with zero attached hydrogens (tertiary/aromatic N) is 4. The summed E-state index contributed by atoms with van der Waals surface area (Å²) < 4.78 is 20.5. The van der Waals surface area contributed by atoms with Crippen LogP contribution in [-0.2, 0) is 6.42 Å². The number of aromatic nitrogens is 2. The molecule has 4 N–H and O–H groups in total. The van der Waals surface area contributed by atoms with Gasteiger partial charge >= 0.3 is 0 Å². The Balaban J connectivity index is 1.73. The maximum absolute atomic E-state index is 14.3. The number of pyridine rings is 2. The molecule has 5 rings (SSSR count). The van der Waals surface area contributed by atoms with Gasteiger partial charge < -0.3 is 16.3 Å². The van der Waals surface area contributed by atoms with Crippen LogP contribution in [0.15, 0.2) is 58.9 Å². The number of halogens is 1. The van der Waals surface area contributed by atoms with E-state index in [1.54, 1.807) is 24.5 Å². The number of nitrogen functional groups attached to an aromatic ring is 1. The molecule has 2 aliphatic rings. The van der Waals surface area contributed by atoms with Crippen LogP contribution in [0.3, 0.4) is 0 Å². The first-order valence-electron chi connectivity index (χ1n) is 11.0. The molecule has 0 radical (unpaired) electrons. The highest BCUT2D eigenvalue weighted by atomic mass is 19.1. The number of ether oxygens (including phenoxy) is 1. The van der Waals surface area contributed by atoms with Gasteiger partial charge in [0.05, 0.1) is 17.1 Å². The third kappa shape index (κ3) is 4.28. The summed E-state index contributed by atoms with van der Waals surface area (Å²) >= 11 is 0. The highest BCUT2D eigenvalue weighted by Gasteiger charge is 2.25. The van der Waals surface area contributed by atoms with Crippen LogP contribution in [-0.4, -0.2) is 27.9 Å². The van der Waals surface area contributed by atoms with Crippen LogP contribution in [0.25, 0.3) is 11.3 Å². The zero-order chi connectivity index (χ0) is 22.9. The summed E-state index contributed by atoms with van der Waals surface area (Å²) in [5.74, 6) is 6.76. The molecule has 0 saturated heterocycles. The van der Waals surface area contributed by atoms with Crippen molar-refractivity contribution in [1.82, 2.24) is 9.97 Å². The van der Waals surface area contributed by atoms with E-state index in [4.69, 9.17) is 21.3 Å². The van der Waals surface area contributed by atoms with Gasteiger partial charge in [-0.3, -0.25) is 9.98 Å². The molecule has 1 atom stereocenters. The summed E-state index contributed by atoms with van der Waals surface area (Å²) in [5.41, 5.74) is 11.2. The smallest absolute Gasteiger partial charge is 0.166 e. The van der Waals surface area contributed by atoms with E-state index in [2.05, 4.69) is 15.1 Å². The Morgan fingerprint density at radius 1 is 1.18 bits per heavy atom. The molecule has 3 heterocycles. The molecule has 1 aromatic carbocycles. The van der Waals surface area contributed by atoms with Gasteiger partial charge in [-0.25, -0.2) is 9.37 Å². The lowest BCUT2D eigenvalue weighted by Crippen LogP contribution is -2.23. The number of hydrogen-bond donors (Lipinski definition) is 2. The molecule has 7 nitrogen and oxygen atoms in total. The Kier molecular flexibility index (Phi) is 5.50. The number of nitrogens with two attached hydrogens (primary N) is 2. The second kappa shape index (κ2) is 8.61. The number of aliphatic imine (C=N–C) groups is 1. The highest BCUT2D eigenvalue weighted by molar-refractivity contribution is 6.48. The largest absolute Gasteiger partial charge is 0.482 e. The van der Waals surface area contributed by atoms with Crippen LogP contribution in [0.5, 0.6) is 5.75 Å². The van der Waals surface area contributed by atoms with Crippen molar-refractivity contribution in [2.45, 2.75) is 32.3 Å². The summed E-state index contributed by atoms with van der Waals surface area (Å²) in [5, 5.41) is 4.11. The molecule has 1 fully saturated rings. The SMILES string of the molecule is C[C@H]1Oc2cc(cnc2N)C(=NCC2CC2)C(=NN)Cc2cccnc2-c2ccc(F)cc21. The Morgan fingerprint density at radius 3 is 2.82 bits per heavy atom. The van der Waals surface area contributed by atoms with Gasteiger partial charge in [-0.05, 0) is 61.6 Å². The number of hydrazone groups is 1. The fraction of sp³-hybridized carbons (Fsp3) is 0.280. The minimum absolute atomic E-state index is 0.243. The molecule has 33 heavy (non-hydrogen) atoms. The van der Waals surface area contributed by atoms with Crippen molar-refractivity contribution in [2.24, 2.45) is 21.9 Å². The van der Waals surface area contributed by atoms with Crippen LogP contribution < -0.4 is 16.3 Å².